The van der Waals surface area contributed by atoms with Gasteiger partial charge in [-0.3, -0.25) is 0 Å². The molecule has 0 aliphatic carbocycles. The summed E-state index contributed by atoms with van der Waals surface area (Å²) in [6, 6.07) is 0. The van der Waals surface area contributed by atoms with E-state index in [-0.39, 0.29) is 53.8 Å². The molecule has 0 saturated carbocycles. The molecule has 0 radical (unpaired) electrons. The van der Waals surface area contributed by atoms with Crippen molar-refractivity contribution in [2.24, 2.45) is 35.5 Å². The Kier molecular flexibility index (Phi) is 11.4. The van der Waals surface area contributed by atoms with Gasteiger partial charge < -0.3 is 29.5 Å². The summed E-state index contributed by atoms with van der Waals surface area (Å²) in [6.07, 6.45) is 4.17. The number of rotatable bonds is 11. The fraction of sp³-hybridized carbons (Fsp3) is 0.800. The normalized spacial score (nSPS) is 38.3. The van der Waals surface area contributed by atoms with Gasteiger partial charge in [0.25, 0.3) is 0 Å². The molecule has 0 aromatic rings. The Morgan fingerprint density at radius 2 is 1.67 bits per heavy atom. The van der Waals surface area contributed by atoms with Crippen LogP contribution in [-0.4, -0.2) is 64.8 Å². The van der Waals surface area contributed by atoms with Gasteiger partial charge in [-0.2, -0.15) is 0 Å². The van der Waals surface area contributed by atoms with Gasteiger partial charge in [-0.15, -0.1) is 6.58 Å². The Morgan fingerprint density at radius 3 is 2.22 bits per heavy atom. The fourth-order valence-electron chi connectivity index (χ4n) is 6.38. The minimum Gasteiger partial charge on any atom is -0.392 e. The third-order valence-corrected chi connectivity index (χ3v) is 8.68. The predicted octanol–water partition coefficient (Wildman–Crippen LogP) is 4.88. The van der Waals surface area contributed by atoms with Gasteiger partial charge in [0.15, 0.2) is 5.79 Å². The maximum absolute atomic E-state index is 11.3. The van der Waals surface area contributed by atoms with Crippen molar-refractivity contribution in [3.8, 4) is 0 Å². The largest absolute Gasteiger partial charge is 0.392 e. The Bertz CT molecular complexity index is 752. The highest BCUT2D eigenvalue weighted by atomic mass is 16.7. The monoisotopic (exact) mass is 508 g/mol. The number of hydrogen-bond donors (Lipinski definition) is 3. The van der Waals surface area contributed by atoms with E-state index in [2.05, 4.69) is 27.0 Å². The third kappa shape index (κ3) is 6.89. The number of hydrogen-bond acceptors (Lipinski definition) is 6. The second-order valence-corrected chi connectivity index (χ2v) is 11.9. The lowest BCUT2D eigenvalue weighted by Gasteiger charge is -2.56. The average molecular weight is 509 g/mol. The first-order valence-electron chi connectivity index (χ1n) is 13.7. The van der Waals surface area contributed by atoms with Gasteiger partial charge >= 0.3 is 0 Å². The molecule has 3 N–H and O–H groups in total. The number of aliphatic hydroxyl groups is 3. The number of aliphatic hydroxyl groups excluding tert-OH is 3. The summed E-state index contributed by atoms with van der Waals surface area (Å²) in [4.78, 5) is 0. The van der Waals surface area contributed by atoms with Crippen LogP contribution in [0.25, 0.3) is 0 Å². The van der Waals surface area contributed by atoms with Gasteiger partial charge in [0, 0.05) is 37.2 Å². The van der Waals surface area contributed by atoms with E-state index < -0.39 is 24.1 Å². The van der Waals surface area contributed by atoms with Crippen LogP contribution < -0.4 is 0 Å². The topological polar surface area (TPSA) is 88.4 Å². The lowest BCUT2D eigenvalue weighted by atomic mass is 9.74. The molecule has 2 aliphatic rings. The molecule has 36 heavy (non-hydrogen) atoms. The highest BCUT2D eigenvalue weighted by Gasteiger charge is 2.57. The van der Waals surface area contributed by atoms with Gasteiger partial charge in [0.2, 0.25) is 0 Å². The second kappa shape index (κ2) is 13.2. The Morgan fingerprint density at radius 1 is 1.08 bits per heavy atom. The molecule has 0 bridgehead atoms. The molecule has 2 saturated heterocycles. The van der Waals surface area contributed by atoms with Crippen LogP contribution in [0.5, 0.6) is 0 Å². The summed E-state index contributed by atoms with van der Waals surface area (Å²) in [5.41, 5.74) is 1.03. The van der Waals surface area contributed by atoms with Crippen molar-refractivity contribution >= 4 is 0 Å². The van der Waals surface area contributed by atoms with Gasteiger partial charge in [-0.25, -0.2) is 0 Å². The van der Waals surface area contributed by atoms with Crippen LogP contribution >= 0.6 is 0 Å². The highest BCUT2D eigenvalue weighted by Crippen LogP contribution is 2.47. The molecule has 0 aromatic carbocycles. The molecule has 208 valence electrons. The quantitative estimate of drug-likeness (QED) is 0.272. The summed E-state index contributed by atoms with van der Waals surface area (Å²) in [5.74, 6) is -1.66. The maximum atomic E-state index is 11.3. The predicted molar refractivity (Wildman–Crippen MR) is 144 cm³/mol. The van der Waals surface area contributed by atoms with Crippen LogP contribution in [-0.2, 0) is 14.2 Å². The van der Waals surface area contributed by atoms with Crippen molar-refractivity contribution in [3.05, 3.63) is 37.0 Å². The van der Waals surface area contributed by atoms with Crippen LogP contribution in [0.2, 0.25) is 0 Å². The lowest BCUT2D eigenvalue weighted by molar-refractivity contribution is -0.391. The van der Waals surface area contributed by atoms with E-state index >= 15 is 0 Å². The molecular weight excluding hydrogens is 456 g/mol. The van der Waals surface area contributed by atoms with E-state index in [4.69, 9.17) is 14.2 Å². The first-order chi connectivity index (χ1) is 16.8. The van der Waals surface area contributed by atoms with Gasteiger partial charge in [0.1, 0.15) is 6.10 Å². The van der Waals surface area contributed by atoms with E-state index in [1.807, 2.05) is 46.8 Å². The van der Waals surface area contributed by atoms with E-state index in [1.54, 1.807) is 13.2 Å². The van der Waals surface area contributed by atoms with Gasteiger partial charge in [-0.1, -0.05) is 71.9 Å². The zero-order chi connectivity index (χ0) is 27.4. The van der Waals surface area contributed by atoms with Crippen LogP contribution in [0.3, 0.4) is 0 Å². The molecule has 0 amide bonds. The minimum absolute atomic E-state index is 0.00276. The fourth-order valence-corrected chi connectivity index (χ4v) is 6.38. The number of methoxy groups -OCH3 is 1. The van der Waals surface area contributed by atoms with Crippen LogP contribution in [0, 0.1) is 35.5 Å². The average Bonchev–Trinajstić information content (AvgIpc) is 2.83. The summed E-state index contributed by atoms with van der Waals surface area (Å²) in [5, 5.41) is 33.6. The highest BCUT2D eigenvalue weighted by molar-refractivity contribution is 5.04. The first-order valence-corrected chi connectivity index (χ1v) is 13.7. The molecule has 1 spiro atoms. The van der Waals surface area contributed by atoms with Crippen LogP contribution in [0.4, 0.5) is 0 Å². The molecule has 2 heterocycles. The first kappa shape index (κ1) is 31.2. The smallest absolute Gasteiger partial charge is 0.197 e. The molecule has 0 aromatic heterocycles. The van der Waals surface area contributed by atoms with E-state index in [0.717, 1.165) is 12.0 Å². The van der Waals surface area contributed by atoms with Crippen molar-refractivity contribution in [2.75, 3.05) is 7.11 Å². The van der Waals surface area contributed by atoms with E-state index in [1.165, 1.54) is 0 Å². The van der Waals surface area contributed by atoms with E-state index in [0.29, 0.717) is 12.8 Å². The lowest BCUT2D eigenvalue weighted by Crippen LogP contribution is -2.65. The molecule has 13 atom stereocenters. The molecular formula is C30H52O6. The number of allylic oxidation sites excluding steroid dienone is 3. The molecule has 6 nitrogen and oxygen atoms in total. The van der Waals surface area contributed by atoms with Crippen LogP contribution in [0.1, 0.15) is 67.7 Å². The summed E-state index contributed by atoms with van der Waals surface area (Å²) in [7, 11) is 1.68. The van der Waals surface area contributed by atoms with Crippen molar-refractivity contribution in [1.82, 2.24) is 0 Å². The summed E-state index contributed by atoms with van der Waals surface area (Å²) >= 11 is 0. The Balaban J connectivity index is 2.33. The zero-order valence-electron chi connectivity index (χ0n) is 23.8. The van der Waals surface area contributed by atoms with Gasteiger partial charge in [0.05, 0.1) is 30.5 Å². The maximum Gasteiger partial charge on any atom is 0.197 e. The van der Waals surface area contributed by atoms with Crippen LogP contribution in [0.15, 0.2) is 37.0 Å². The molecule has 2 aliphatic heterocycles. The summed E-state index contributed by atoms with van der Waals surface area (Å²) in [6.45, 7) is 21.8. The molecule has 2 fully saturated rings. The standard InChI is InChI=1S/C30H52O6/c1-11-12-13-18(4)26(32)22(8)28-20(6)15-25(31)30(35-28)16-24(34-10)21(7)29(36-30)23(9)27(33)19(5)14-17(2)3/h11-13,18-29,31-33H,1-2,14-16H2,3-10H3/b13-12-/t18-,19-,20-,21+,22-,23+,24+,25-,26-,27-,28-,29-,30+/m0/s1. The summed E-state index contributed by atoms with van der Waals surface area (Å²) < 4.78 is 19.3. The van der Waals surface area contributed by atoms with Gasteiger partial charge in [-0.05, 0) is 31.6 Å². The SMILES string of the molecule is C=C/C=C\[C@H](C)[C@H](O)[C@H](C)[C@H]1O[C@@]2(C[C@@H](OC)[C@@H](C)[C@@H]([C@H](C)[C@@H](O)[C@@H](C)CC(=C)C)O2)[C@@H](O)C[C@@H]1C. The Labute approximate surface area is 219 Å². The zero-order valence-corrected chi connectivity index (χ0v) is 23.8. The molecule has 2 rings (SSSR count). The van der Waals surface area contributed by atoms with Crippen molar-refractivity contribution < 1.29 is 29.5 Å². The van der Waals surface area contributed by atoms with Crippen molar-refractivity contribution in [3.63, 3.8) is 0 Å². The Hall–Kier alpha value is -1.02. The van der Waals surface area contributed by atoms with Crippen molar-refractivity contribution in [1.29, 1.82) is 0 Å². The van der Waals surface area contributed by atoms with Crippen molar-refractivity contribution in [2.45, 2.75) is 110 Å². The minimum atomic E-state index is -1.26. The third-order valence-electron chi connectivity index (χ3n) is 8.68. The molecule has 0 unspecified atom stereocenters. The number of ether oxygens (including phenoxy) is 3. The van der Waals surface area contributed by atoms with E-state index in [9.17, 15) is 15.3 Å². The molecule has 6 heteroatoms. The second-order valence-electron chi connectivity index (χ2n) is 11.9.